The number of carbonyl (C=O) groups excluding carboxylic acids is 3. The standard InChI is InChI=1S/C30H35N3O5/c1-20(34)33-17-14-23(15-18-33)32-28(35)26-24-13-16-30(38-24,27(26)29(36)37-2)25(19-21-9-5-3-6-10-21)31-22-11-7-4-8-12-22/h3-12,23-25,31H,13-19H2,1-2H3,(H,32,35). The second kappa shape index (κ2) is 11.0. The Morgan fingerprint density at radius 1 is 1.03 bits per heavy atom. The maximum atomic E-state index is 13.7. The highest BCUT2D eigenvalue weighted by molar-refractivity contribution is 6.06. The minimum atomic E-state index is -1.01. The monoisotopic (exact) mass is 517 g/mol. The molecule has 8 nitrogen and oxygen atoms in total. The van der Waals surface area contributed by atoms with Crippen LogP contribution in [0.1, 0.15) is 38.2 Å². The second-order valence-electron chi connectivity index (χ2n) is 10.3. The molecule has 0 radical (unpaired) electrons. The number of nitrogens with one attached hydrogen (secondary N) is 2. The first-order valence-corrected chi connectivity index (χ1v) is 13.3. The molecule has 5 rings (SSSR count). The van der Waals surface area contributed by atoms with E-state index in [-0.39, 0.29) is 23.9 Å². The third kappa shape index (κ3) is 5.05. The fourth-order valence-corrected chi connectivity index (χ4v) is 6.09. The Morgan fingerprint density at radius 2 is 1.68 bits per heavy atom. The summed E-state index contributed by atoms with van der Waals surface area (Å²) in [6, 6.07) is 19.5. The molecule has 2 aromatic carbocycles. The van der Waals surface area contributed by atoms with Gasteiger partial charge in [-0.2, -0.15) is 0 Å². The number of hydrogen-bond donors (Lipinski definition) is 2. The molecule has 3 heterocycles. The minimum Gasteiger partial charge on any atom is -0.466 e. The molecule has 3 unspecified atom stereocenters. The van der Waals surface area contributed by atoms with Gasteiger partial charge in [0.15, 0.2) is 0 Å². The van der Waals surface area contributed by atoms with Crippen LogP contribution in [0.3, 0.4) is 0 Å². The smallest absolute Gasteiger partial charge is 0.337 e. The predicted octanol–water partition coefficient (Wildman–Crippen LogP) is 3.24. The number of likely N-dealkylation sites (tertiary alicyclic amines) is 1. The van der Waals surface area contributed by atoms with Gasteiger partial charge in [-0.25, -0.2) is 4.79 Å². The Labute approximate surface area is 223 Å². The van der Waals surface area contributed by atoms with Gasteiger partial charge in [-0.3, -0.25) is 9.59 Å². The first-order chi connectivity index (χ1) is 18.4. The van der Waals surface area contributed by atoms with Crippen LogP contribution in [-0.2, 0) is 30.3 Å². The van der Waals surface area contributed by atoms with Gasteiger partial charge in [0.1, 0.15) is 5.60 Å². The largest absolute Gasteiger partial charge is 0.466 e. The van der Waals surface area contributed by atoms with Crippen LogP contribution in [0.15, 0.2) is 71.8 Å². The Hall–Kier alpha value is -3.65. The summed E-state index contributed by atoms with van der Waals surface area (Å²) in [6.07, 6.45) is 2.73. The van der Waals surface area contributed by atoms with E-state index in [0.29, 0.717) is 56.3 Å². The highest BCUT2D eigenvalue weighted by Crippen LogP contribution is 2.51. The molecular weight excluding hydrogens is 482 g/mol. The van der Waals surface area contributed by atoms with E-state index in [1.807, 2.05) is 48.5 Å². The summed E-state index contributed by atoms with van der Waals surface area (Å²) in [5.74, 6) is -0.766. The fourth-order valence-electron chi connectivity index (χ4n) is 6.09. The van der Waals surface area contributed by atoms with Crippen LogP contribution >= 0.6 is 0 Å². The Morgan fingerprint density at radius 3 is 2.32 bits per heavy atom. The van der Waals surface area contributed by atoms with E-state index in [4.69, 9.17) is 9.47 Å². The van der Waals surface area contributed by atoms with Gasteiger partial charge in [0.05, 0.1) is 30.4 Å². The number of benzene rings is 2. The number of carbonyl (C=O) groups is 3. The molecule has 2 amide bonds. The molecule has 0 aromatic heterocycles. The maximum absolute atomic E-state index is 13.7. The van der Waals surface area contributed by atoms with Crippen LogP contribution in [0.2, 0.25) is 0 Å². The summed E-state index contributed by atoms with van der Waals surface area (Å²) >= 11 is 0. The minimum absolute atomic E-state index is 0.0456. The molecule has 3 aliphatic heterocycles. The van der Waals surface area contributed by atoms with Crippen LogP contribution in [-0.4, -0.2) is 66.7 Å². The molecule has 2 bridgehead atoms. The zero-order valence-corrected chi connectivity index (χ0v) is 21.9. The number of esters is 1. The van der Waals surface area contributed by atoms with E-state index in [1.165, 1.54) is 7.11 Å². The SMILES string of the molecule is COC(=O)C1=C(C(=O)NC2CCN(C(C)=O)CC2)C2CCC1(C(Cc1ccccc1)Nc1ccccc1)O2. The van der Waals surface area contributed by atoms with Gasteiger partial charge < -0.3 is 25.0 Å². The van der Waals surface area contributed by atoms with Gasteiger partial charge in [-0.05, 0) is 49.8 Å². The van der Waals surface area contributed by atoms with Gasteiger partial charge in [-0.1, -0.05) is 48.5 Å². The predicted molar refractivity (Wildman–Crippen MR) is 143 cm³/mol. The highest BCUT2D eigenvalue weighted by Gasteiger charge is 2.60. The van der Waals surface area contributed by atoms with E-state index in [9.17, 15) is 14.4 Å². The third-order valence-electron chi connectivity index (χ3n) is 8.01. The van der Waals surface area contributed by atoms with Crippen molar-refractivity contribution in [3.05, 3.63) is 77.4 Å². The topological polar surface area (TPSA) is 97.0 Å². The molecule has 2 N–H and O–H groups in total. The summed E-state index contributed by atoms with van der Waals surface area (Å²) in [6.45, 7) is 2.77. The van der Waals surface area contributed by atoms with Gasteiger partial charge in [0, 0.05) is 31.7 Å². The van der Waals surface area contributed by atoms with Crippen molar-refractivity contribution in [2.75, 3.05) is 25.5 Å². The molecule has 2 aromatic rings. The summed E-state index contributed by atoms with van der Waals surface area (Å²) in [5.41, 5.74) is 1.70. The number of rotatable bonds is 8. The zero-order valence-electron chi connectivity index (χ0n) is 21.9. The van der Waals surface area contributed by atoms with Crippen molar-refractivity contribution in [1.29, 1.82) is 0 Å². The van der Waals surface area contributed by atoms with Gasteiger partial charge in [-0.15, -0.1) is 0 Å². The first-order valence-electron chi connectivity index (χ1n) is 13.3. The number of anilines is 1. The van der Waals surface area contributed by atoms with Crippen molar-refractivity contribution >= 4 is 23.5 Å². The van der Waals surface area contributed by atoms with E-state index < -0.39 is 17.7 Å². The van der Waals surface area contributed by atoms with Crippen LogP contribution < -0.4 is 10.6 Å². The average Bonchev–Trinajstić information content (AvgIpc) is 3.52. The van der Waals surface area contributed by atoms with Crippen LogP contribution in [0.5, 0.6) is 0 Å². The molecule has 0 saturated carbocycles. The maximum Gasteiger partial charge on any atom is 0.337 e. The molecule has 0 aliphatic carbocycles. The first kappa shape index (κ1) is 26.0. The molecule has 2 saturated heterocycles. The molecule has 0 spiro atoms. The van der Waals surface area contributed by atoms with Crippen molar-refractivity contribution in [3.8, 4) is 0 Å². The van der Waals surface area contributed by atoms with Gasteiger partial charge in [0.2, 0.25) is 5.91 Å². The van der Waals surface area contributed by atoms with Crippen LogP contribution in [0.4, 0.5) is 5.69 Å². The summed E-state index contributed by atoms with van der Waals surface area (Å²) in [5, 5.41) is 6.74. The Bertz CT molecular complexity index is 1170. The number of nitrogens with zero attached hydrogens (tertiary/aromatic N) is 1. The fraction of sp³-hybridized carbons (Fsp3) is 0.433. The molecule has 8 heteroatoms. The van der Waals surface area contributed by atoms with E-state index in [2.05, 4.69) is 22.8 Å². The van der Waals surface area contributed by atoms with Gasteiger partial charge >= 0.3 is 5.97 Å². The Balaban J connectivity index is 1.47. The number of hydrogen-bond acceptors (Lipinski definition) is 6. The summed E-state index contributed by atoms with van der Waals surface area (Å²) in [7, 11) is 1.35. The van der Waals surface area contributed by atoms with E-state index in [0.717, 1.165) is 11.3 Å². The van der Waals surface area contributed by atoms with E-state index in [1.54, 1.807) is 11.8 Å². The van der Waals surface area contributed by atoms with Crippen molar-refractivity contribution in [2.24, 2.45) is 0 Å². The highest BCUT2D eigenvalue weighted by atomic mass is 16.5. The van der Waals surface area contributed by atoms with Crippen molar-refractivity contribution < 1.29 is 23.9 Å². The summed E-state index contributed by atoms with van der Waals surface area (Å²) in [4.78, 5) is 40.5. The quantitative estimate of drug-likeness (QED) is 0.522. The number of ether oxygens (including phenoxy) is 2. The molecule has 2 fully saturated rings. The second-order valence-corrected chi connectivity index (χ2v) is 10.3. The zero-order chi connectivity index (χ0) is 26.7. The number of methoxy groups -OCH3 is 1. The Kier molecular flexibility index (Phi) is 7.51. The molecule has 3 atom stereocenters. The third-order valence-corrected chi connectivity index (χ3v) is 8.01. The van der Waals surface area contributed by atoms with Crippen molar-refractivity contribution in [3.63, 3.8) is 0 Å². The van der Waals surface area contributed by atoms with Gasteiger partial charge in [0.25, 0.3) is 5.91 Å². The van der Waals surface area contributed by atoms with Crippen molar-refractivity contribution in [2.45, 2.75) is 62.8 Å². The lowest BCUT2D eigenvalue weighted by Gasteiger charge is -2.37. The molecule has 38 heavy (non-hydrogen) atoms. The lowest BCUT2D eigenvalue weighted by Crippen LogP contribution is -2.51. The number of fused-ring (bicyclic) bond motifs is 2. The van der Waals surface area contributed by atoms with Crippen LogP contribution in [0, 0.1) is 0 Å². The normalized spacial score (nSPS) is 23.7. The number of para-hydroxylation sites is 1. The lowest BCUT2D eigenvalue weighted by atomic mass is 9.75. The number of piperidine rings is 1. The molecular formula is C30H35N3O5. The molecule has 200 valence electrons. The number of amides is 2. The molecule has 3 aliphatic rings. The van der Waals surface area contributed by atoms with Crippen molar-refractivity contribution in [1.82, 2.24) is 10.2 Å². The lowest BCUT2D eigenvalue weighted by molar-refractivity contribution is -0.139. The van der Waals surface area contributed by atoms with E-state index >= 15 is 0 Å². The summed E-state index contributed by atoms with van der Waals surface area (Å²) < 4.78 is 11.9. The van der Waals surface area contributed by atoms with Crippen LogP contribution in [0.25, 0.3) is 0 Å². The average molecular weight is 518 g/mol.